The van der Waals surface area contributed by atoms with E-state index in [1.807, 2.05) is 6.92 Å². The molecule has 0 saturated carbocycles. The van der Waals surface area contributed by atoms with Gasteiger partial charge in [0.1, 0.15) is 0 Å². The van der Waals surface area contributed by atoms with Gasteiger partial charge < -0.3 is 5.32 Å². The largest absolute Gasteiger partial charge is 0.354 e. The SMILES string of the molecule is CC(CNC(=O)CBr)S(C)=O. The quantitative estimate of drug-likeness (QED) is 0.719. The summed E-state index contributed by atoms with van der Waals surface area (Å²) in [5.74, 6) is -0.0673. The summed E-state index contributed by atoms with van der Waals surface area (Å²) in [4.78, 5) is 10.7. The number of halogens is 1. The van der Waals surface area contributed by atoms with Crippen LogP contribution in [0.1, 0.15) is 6.92 Å². The van der Waals surface area contributed by atoms with Crippen LogP contribution < -0.4 is 5.32 Å². The van der Waals surface area contributed by atoms with Crippen LogP contribution in [0.2, 0.25) is 0 Å². The lowest BCUT2D eigenvalue weighted by Gasteiger charge is -2.07. The van der Waals surface area contributed by atoms with E-state index < -0.39 is 10.8 Å². The molecule has 3 nitrogen and oxygen atoms in total. The predicted octanol–water partition coefficient (Wildman–Crippen LogP) is 0.265. The first-order chi connectivity index (χ1) is 5.07. The molecule has 2 atom stereocenters. The Hall–Kier alpha value is 0.1000. The van der Waals surface area contributed by atoms with E-state index in [4.69, 9.17) is 0 Å². The monoisotopic (exact) mass is 241 g/mol. The third-order valence-corrected chi connectivity index (χ3v) is 3.08. The van der Waals surface area contributed by atoms with Crippen molar-refractivity contribution in [2.75, 3.05) is 18.1 Å². The first-order valence-electron chi connectivity index (χ1n) is 3.22. The fourth-order valence-corrected chi connectivity index (χ4v) is 0.938. The summed E-state index contributed by atoms with van der Waals surface area (Å²) >= 11 is 3.01. The Morgan fingerprint density at radius 3 is 2.64 bits per heavy atom. The van der Waals surface area contributed by atoms with Crippen molar-refractivity contribution in [3.8, 4) is 0 Å². The van der Waals surface area contributed by atoms with Gasteiger partial charge in [0.05, 0.1) is 5.33 Å². The number of carbonyl (C=O) groups excluding carboxylic acids is 1. The Balaban J connectivity index is 3.54. The average Bonchev–Trinajstić information content (AvgIpc) is 1.99. The molecule has 0 aliphatic rings. The van der Waals surface area contributed by atoms with E-state index in [0.717, 1.165) is 0 Å². The van der Waals surface area contributed by atoms with Gasteiger partial charge in [-0.05, 0) is 6.92 Å². The summed E-state index contributed by atoms with van der Waals surface area (Å²) in [5.41, 5.74) is 0. The van der Waals surface area contributed by atoms with Crippen LogP contribution >= 0.6 is 15.9 Å². The van der Waals surface area contributed by atoms with Gasteiger partial charge in [-0.2, -0.15) is 0 Å². The fraction of sp³-hybridized carbons (Fsp3) is 0.833. The standard InChI is InChI=1S/C6H12BrNO2S/c1-5(11(2)10)4-8-6(9)3-7/h5H,3-4H2,1-2H3,(H,8,9). The molecule has 0 saturated heterocycles. The second-order valence-electron chi connectivity index (χ2n) is 2.25. The summed E-state index contributed by atoms with van der Waals surface area (Å²) in [6.45, 7) is 2.32. The molecule has 0 aliphatic carbocycles. The van der Waals surface area contributed by atoms with Gasteiger partial charge in [-0.3, -0.25) is 9.00 Å². The van der Waals surface area contributed by atoms with Crippen molar-refractivity contribution in [2.45, 2.75) is 12.2 Å². The van der Waals surface area contributed by atoms with E-state index in [-0.39, 0.29) is 11.2 Å². The van der Waals surface area contributed by atoms with Crippen molar-refractivity contribution >= 4 is 32.6 Å². The molecule has 0 aromatic carbocycles. The van der Waals surface area contributed by atoms with E-state index in [0.29, 0.717) is 11.9 Å². The van der Waals surface area contributed by atoms with Crippen LogP contribution in [0, 0.1) is 0 Å². The second kappa shape index (κ2) is 5.71. The highest BCUT2D eigenvalue weighted by atomic mass is 79.9. The first kappa shape index (κ1) is 11.1. The minimum atomic E-state index is -0.859. The van der Waals surface area contributed by atoms with Crippen molar-refractivity contribution in [1.82, 2.24) is 5.32 Å². The van der Waals surface area contributed by atoms with E-state index in [1.165, 1.54) is 0 Å². The fourth-order valence-electron chi connectivity index (χ4n) is 0.422. The highest BCUT2D eigenvalue weighted by Crippen LogP contribution is 1.89. The molecule has 0 fully saturated rings. The predicted molar refractivity (Wildman–Crippen MR) is 50.3 cm³/mol. The van der Waals surface area contributed by atoms with Crippen LogP contribution in [0.5, 0.6) is 0 Å². The zero-order valence-electron chi connectivity index (χ0n) is 6.59. The number of carbonyl (C=O) groups is 1. The van der Waals surface area contributed by atoms with Gasteiger partial charge >= 0.3 is 0 Å². The van der Waals surface area contributed by atoms with E-state index >= 15 is 0 Å². The van der Waals surface area contributed by atoms with Gasteiger partial charge in [0.2, 0.25) is 5.91 Å². The van der Waals surface area contributed by atoms with Crippen LogP contribution in [0.4, 0.5) is 0 Å². The lowest BCUT2D eigenvalue weighted by atomic mass is 10.4. The molecule has 0 heterocycles. The lowest BCUT2D eigenvalue weighted by Crippen LogP contribution is -2.33. The van der Waals surface area contributed by atoms with Crippen LogP contribution in [-0.2, 0) is 15.6 Å². The maximum atomic E-state index is 10.8. The summed E-state index contributed by atoms with van der Waals surface area (Å²) in [5, 5.41) is 2.96. The zero-order valence-corrected chi connectivity index (χ0v) is 9.00. The maximum absolute atomic E-state index is 10.8. The zero-order chi connectivity index (χ0) is 8.85. The van der Waals surface area contributed by atoms with Gasteiger partial charge in [-0.15, -0.1) is 0 Å². The Morgan fingerprint density at radius 2 is 2.27 bits per heavy atom. The number of amides is 1. The van der Waals surface area contributed by atoms with Crippen LogP contribution in [0.15, 0.2) is 0 Å². The van der Waals surface area contributed by atoms with E-state index in [1.54, 1.807) is 6.26 Å². The van der Waals surface area contributed by atoms with Crippen LogP contribution in [0.3, 0.4) is 0 Å². The van der Waals surface area contributed by atoms with Crippen molar-refractivity contribution < 1.29 is 9.00 Å². The molecule has 5 heteroatoms. The molecule has 1 N–H and O–H groups in total. The van der Waals surface area contributed by atoms with E-state index in [2.05, 4.69) is 21.2 Å². The summed E-state index contributed by atoms with van der Waals surface area (Å²) < 4.78 is 10.8. The van der Waals surface area contributed by atoms with Crippen LogP contribution in [-0.4, -0.2) is 33.5 Å². The molecule has 0 aliphatic heterocycles. The topological polar surface area (TPSA) is 46.2 Å². The number of rotatable bonds is 4. The van der Waals surface area contributed by atoms with Gasteiger partial charge in [-0.25, -0.2) is 0 Å². The first-order valence-corrected chi connectivity index (χ1v) is 5.97. The molecule has 0 spiro atoms. The summed E-state index contributed by atoms with van der Waals surface area (Å²) in [6.07, 6.45) is 1.63. The molecule has 11 heavy (non-hydrogen) atoms. The molecular weight excluding hydrogens is 230 g/mol. The Kier molecular flexibility index (Phi) is 5.76. The van der Waals surface area contributed by atoms with Gasteiger partial charge in [-0.1, -0.05) is 15.9 Å². The van der Waals surface area contributed by atoms with Crippen molar-refractivity contribution in [3.63, 3.8) is 0 Å². The highest BCUT2D eigenvalue weighted by Gasteiger charge is 2.06. The maximum Gasteiger partial charge on any atom is 0.230 e. The molecule has 0 aromatic rings. The molecule has 66 valence electrons. The second-order valence-corrected chi connectivity index (χ2v) is 4.61. The molecule has 2 unspecified atom stereocenters. The number of alkyl halides is 1. The summed E-state index contributed by atoms with van der Waals surface area (Å²) in [7, 11) is -0.859. The molecule has 1 amide bonds. The van der Waals surface area contributed by atoms with Crippen molar-refractivity contribution in [1.29, 1.82) is 0 Å². The van der Waals surface area contributed by atoms with Crippen molar-refractivity contribution in [2.24, 2.45) is 0 Å². The lowest BCUT2D eigenvalue weighted by molar-refractivity contribution is -0.118. The Morgan fingerprint density at radius 1 is 1.73 bits per heavy atom. The normalized spacial score (nSPS) is 15.5. The van der Waals surface area contributed by atoms with Crippen molar-refractivity contribution in [3.05, 3.63) is 0 Å². The average molecular weight is 242 g/mol. The van der Waals surface area contributed by atoms with Gasteiger partial charge in [0.15, 0.2) is 0 Å². The summed E-state index contributed by atoms with van der Waals surface area (Å²) in [6, 6.07) is 0. The third-order valence-electron chi connectivity index (χ3n) is 1.27. The molecule has 0 bridgehead atoms. The van der Waals surface area contributed by atoms with Gasteiger partial charge in [0, 0.05) is 28.9 Å². The Labute approximate surface area is 77.5 Å². The smallest absolute Gasteiger partial charge is 0.230 e. The molecule has 0 aromatic heterocycles. The highest BCUT2D eigenvalue weighted by molar-refractivity contribution is 9.09. The van der Waals surface area contributed by atoms with Crippen LogP contribution in [0.25, 0.3) is 0 Å². The minimum absolute atomic E-state index is 0.0259. The van der Waals surface area contributed by atoms with E-state index in [9.17, 15) is 9.00 Å². The number of nitrogens with one attached hydrogen (secondary N) is 1. The molecular formula is C6H12BrNO2S. The number of hydrogen-bond donors (Lipinski definition) is 1. The number of hydrogen-bond acceptors (Lipinski definition) is 2. The Bertz CT molecular complexity index is 163. The molecule has 0 radical (unpaired) electrons. The minimum Gasteiger partial charge on any atom is -0.354 e. The molecule has 0 rings (SSSR count). The van der Waals surface area contributed by atoms with Gasteiger partial charge in [0.25, 0.3) is 0 Å². The third kappa shape index (κ3) is 5.38.